The lowest BCUT2D eigenvalue weighted by Gasteiger charge is -2.06. The van der Waals surface area contributed by atoms with Gasteiger partial charge in [0.1, 0.15) is 5.58 Å². The zero-order chi connectivity index (χ0) is 20.6. The molecular formula is C23H24N2O3S. The molecule has 2 aromatic carbocycles. The molecule has 2 N–H and O–H groups in total. The SMILES string of the molecule is C/C=C(\C=C/CC)SNNC(=O)c1oc2c(-c3ccccc3)cccc2c1OC. The van der Waals surface area contributed by atoms with Crippen LogP contribution in [-0.2, 0) is 0 Å². The lowest BCUT2D eigenvalue weighted by Crippen LogP contribution is -2.32. The lowest BCUT2D eigenvalue weighted by atomic mass is 10.0. The summed E-state index contributed by atoms with van der Waals surface area (Å²) in [7, 11) is 1.53. The van der Waals surface area contributed by atoms with Gasteiger partial charge < -0.3 is 9.15 Å². The Labute approximate surface area is 174 Å². The summed E-state index contributed by atoms with van der Waals surface area (Å²) in [5.74, 6) is 0.142. The second-order valence-electron chi connectivity index (χ2n) is 6.17. The first kappa shape index (κ1) is 20.8. The molecule has 3 aromatic rings. The highest BCUT2D eigenvalue weighted by molar-refractivity contribution is 8.01. The molecule has 0 spiro atoms. The van der Waals surface area contributed by atoms with Crippen molar-refractivity contribution in [3.8, 4) is 16.9 Å². The van der Waals surface area contributed by atoms with Crippen molar-refractivity contribution in [3.63, 3.8) is 0 Å². The van der Waals surface area contributed by atoms with Crippen molar-refractivity contribution >= 4 is 28.8 Å². The number of hydrazine groups is 1. The number of hydrogen-bond donors (Lipinski definition) is 2. The Morgan fingerprint density at radius 1 is 1.17 bits per heavy atom. The number of allylic oxidation sites excluding steroid dienone is 3. The van der Waals surface area contributed by atoms with Crippen LogP contribution in [0.15, 0.2) is 76.1 Å². The molecule has 0 atom stereocenters. The second kappa shape index (κ2) is 10.0. The van der Waals surface area contributed by atoms with Crippen LogP contribution in [0.3, 0.4) is 0 Å². The molecule has 0 bridgehead atoms. The number of fused-ring (bicyclic) bond motifs is 1. The van der Waals surface area contributed by atoms with Crippen LogP contribution in [-0.4, -0.2) is 13.0 Å². The minimum atomic E-state index is -0.403. The van der Waals surface area contributed by atoms with Crippen LogP contribution in [0, 0.1) is 0 Å². The molecule has 0 saturated heterocycles. The highest BCUT2D eigenvalue weighted by Gasteiger charge is 2.23. The highest BCUT2D eigenvalue weighted by Crippen LogP contribution is 2.38. The maximum absolute atomic E-state index is 12.7. The molecule has 29 heavy (non-hydrogen) atoms. The standard InChI is InChI=1S/C23H24N2O3S/c1-4-6-13-17(5-2)29-25-24-23(26)22-21(27-3)19-15-10-14-18(20(19)28-22)16-11-8-7-9-12-16/h5-15,25H,4H2,1-3H3,(H,24,26)/b13-6-,17-5+. The quantitative estimate of drug-likeness (QED) is 0.278. The maximum atomic E-state index is 12.7. The molecule has 0 aliphatic heterocycles. The van der Waals surface area contributed by atoms with Crippen molar-refractivity contribution in [2.75, 3.05) is 7.11 Å². The van der Waals surface area contributed by atoms with E-state index in [2.05, 4.69) is 23.3 Å². The minimum absolute atomic E-state index is 0.130. The third kappa shape index (κ3) is 4.72. The molecule has 5 nitrogen and oxygen atoms in total. The summed E-state index contributed by atoms with van der Waals surface area (Å²) in [4.78, 5) is 16.6. The minimum Gasteiger partial charge on any atom is -0.492 e. The first-order chi connectivity index (χ1) is 14.2. The Bertz CT molecular complexity index is 1040. The molecule has 1 aromatic heterocycles. The number of nitrogens with one attached hydrogen (secondary N) is 2. The van der Waals surface area contributed by atoms with Crippen molar-refractivity contribution < 1.29 is 13.9 Å². The summed E-state index contributed by atoms with van der Waals surface area (Å²) in [5.41, 5.74) is 5.20. The summed E-state index contributed by atoms with van der Waals surface area (Å²) >= 11 is 1.31. The van der Waals surface area contributed by atoms with E-state index in [0.29, 0.717) is 11.3 Å². The number of amides is 1. The molecular weight excluding hydrogens is 384 g/mol. The third-order valence-electron chi connectivity index (χ3n) is 4.30. The van der Waals surface area contributed by atoms with E-state index in [-0.39, 0.29) is 5.76 Å². The number of carbonyl (C=O) groups excluding carboxylic acids is 1. The van der Waals surface area contributed by atoms with Crippen molar-refractivity contribution in [1.29, 1.82) is 0 Å². The molecule has 0 aliphatic carbocycles. The van der Waals surface area contributed by atoms with Gasteiger partial charge in [-0.15, -0.1) is 0 Å². The van der Waals surface area contributed by atoms with Crippen LogP contribution >= 0.6 is 11.9 Å². The molecule has 0 aliphatic rings. The van der Waals surface area contributed by atoms with Gasteiger partial charge in [-0.2, -0.15) is 4.83 Å². The molecule has 3 rings (SSSR count). The van der Waals surface area contributed by atoms with E-state index in [9.17, 15) is 4.79 Å². The molecule has 0 fully saturated rings. The maximum Gasteiger partial charge on any atom is 0.305 e. The number of para-hydroxylation sites is 1. The number of benzene rings is 2. The van der Waals surface area contributed by atoms with Gasteiger partial charge in [0.05, 0.1) is 12.5 Å². The fourth-order valence-electron chi connectivity index (χ4n) is 2.90. The van der Waals surface area contributed by atoms with Gasteiger partial charge in [0.25, 0.3) is 0 Å². The zero-order valence-corrected chi connectivity index (χ0v) is 17.5. The molecule has 1 amide bonds. The lowest BCUT2D eigenvalue weighted by molar-refractivity contribution is 0.0917. The van der Waals surface area contributed by atoms with Crippen LogP contribution in [0.2, 0.25) is 0 Å². The van der Waals surface area contributed by atoms with Gasteiger partial charge in [-0.1, -0.05) is 67.6 Å². The Hall–Kier alpha value is -2.96. The summed E-state index contributed by atoms with van der Waals surface area (Å²) < 4.78 is 11.5. The monoisotopic (exact) mass is 408 g/mol. The Kier molecular flexibility index (Phi) is 7.16. The van der Waals surface area contributed by atoms with Crippen molar-refractivity contribution in [3.05, 3.63) is 77.4 Å². The second-order valence-corrected chi connectivity index (χ2v) is 7.05. The predicted molar refractivity (Wildman–Crippen MR) is 120 cm³/mol. The first-order valence-electron chi connectivity index (χ1n) is 9.39. The number of hydrogen-bond acceptors (Lipinski definition) is 5. The van der Waals surface area contributed by atoms with Gasteiger partial charge in [-0.3, -0.25) is 10.2 Å². The van der Waals surface area contributed by atoms with E-state index < -0.39 is 5.91 Å². The van der Waals surface area contributed by atoms with E-state index in [1.54, 1.807) is 0 Å². The molecule has 150 valence electrons. The van der Waals surface area contributed by atoms with Crippen molar-refractivity contribution in [2.45, 2.75) is 20.3 Å². The first-order valence-corrected chi connectivity index (χ1v) is 10.2. The van der Waals surface area contributed by atoms with Gasteiger partial charge in [0.15, 0.2) is 5.75 Å². The van der Waals surface area contributed by atoms with Gasteiger partial charge in [-0.05, 0) is 36.9 Å². The predicted octanol–water partition coefficient (Wildman–Crippen LogP) is 5.86. The fourth-order valence-corrected chi connectivity index (χ4v) is 3.45. The van der Waals surface area contributed by atoms with Crippen LogP contribution < -0.4 is 15.0 Å². The number of rotatable bonds is 8. The normalized spacial score (nSPS) is 11.9. The van der Waals surface area contributed by atoms with Gasteiger partial charge in [0, 0.05) is 10.5 Å². The van der Waals surface area contributed by atoms with E-state index in [4.69, 9.17) is 9.15 Å². The number of ether oxygens (including phenoxy) is 1. The number of furan rings is 1. The number of methoxy groups -OCH3 is 1. The largest absolute Gasteiger partial charge is 0.492 e. The summed E-state index contributed by atoms with van der Waals surface area (Å²) in [6.07, 6.45) is 6.96. The third-order valence-corrected chi connectivity index (χ3v) is 5.11. The summed E-state index contributed by atoms with van der Waals surface area (Å²) in [5, 5.41) is 0.756. The number of carbonyl (C=O) groups is 1. The van der Waals surface area contributed by atoms with Gasteiger partial charge >= 0.3 is 5.91 Å². The molecule has 6 heteroatoms. The van der Waals surface area contributed by atoms with E-state index in [0.717, 1.165) is 27.8 Å². The topological polar surface area (TPSA) is 63.5 Å². The fraction of sp³-hybridized carbons (Fsp3) is 0.174. The Balaban J connectivity index is 1.86. The smallest absolute Gasteiger partial charge is 0.305 e. The summed E-state index contributed by atoms with van der Waals surface area (Å²) in [6.45, 7) is 4.01. The Morgan fingerprint density at radius 2 is 1.97 bits per heavy atom. The highest BCUT2D eigenvalue weighted by atomic mass is 32.2. The summed E-state index contributed by atoms with van der Waals surface area (Å²) in [6, 6.07) is 15.7. The van der Waals surface area contributed by atoms with Crippen LogP contribution in [0.4, 0.5) is 0 Å². The van der Waals surface area contributed by atoms with E-state index >= 15 is 0 Å². The van der Waals surface area contributed by atoms with Gasteiger partial charge in [-0.25, -0.2) is 0 Å². The molecule has 1 heterocycles. The van der Waals surface area contributed by atoms with Crippen molar-refractivity contribution in [1.82, 2.24) is 10.3 Å². The van der Waals surface area contributed by atoms with Crippen LogP contribution in [0.25, 0.3) is 22.1 Å². The van der Waals surface area contributed by atoms with E-state index in [1.807, 2.05) is 67.6 Å². The molecule has 0 unspecified atom stereocenters. The van der Waals surface area contributed by atoms with Crippen molar-refractivity contribution in [2.24, 2.45) is 0 Å². The average molecular weight is 409 g/mol. The van der Waals surface area contributed by atoms with E-state index in [1.165, 1.54) is 19.1 Å². The molecule has 0 saturated carbocycles. The Morgan fingerprint density at radius 3 is 2.66 bits per heavy atom. The van der Waals surface area contributed by atoms with Gasteiger partial charge in [0.2, 0.25) is 5.76 Å². The van der Waals surface area contributed by atoms with Crippen LogP contribution in [0.5, 0.6) is 5.75 Å². The molecule has 0 radical (unpaired) electrons. The average Bonchev–Trinajstić information content (AvgIpc) is 3.15. The van der Waals surface area contributed by atoms with Crippen LogP contribution in [0.1, 0.15) is 30.8 Å². The zero-order valence-electron chi connectivity index (χ0n) is 16.7.